The van der Waals surface area contributed by atoms with Crippen LogP contribution in [0.25, 0.3) is 0 Å². The van der Waals surface area contributed by atoms with Gasteiger partial charge in [0.1, 0.15) is 0 Å². The van der Waals surface area contributed by atoms with Crippen molar-refractivity contribution in [3.63, 3.8) is 0 Å². The Morgan fingerprint density at radius 2 is 1.79 bits per heavy atom. The lowest BCUT2D eigenvalue weighted by Crippen LogP contribution is -2.40. The van der Waals surface area contributed by atoms with Crippen LogP contribution in [0.3, 0.4) is 0 Å². The quantitative estimate of drug-likeness (QED) is 0.730. The van der Waals surface area contributed by atoms with E-state index in [9.17, 15) is 4.79 Å². The van der Waals surface area contributed by atoms with Crippen molar-refractivity contribution in [2.75, 3.05) is 13.6 Å². The van der Waals surface area contributed by atoms with E-state index in [-0.39, 0.29) is 11.9 Å². The molecular formula is C11H24N2O. The van der Waals surface area contributed by atoms with Crippen molar-refractivity contribution in [2.24, 2.45) is 17.6 Å². The summed E-state index contributed by atoms with van der Waals surface area (Å²) in [5.41, 5.74) is 5.51. The molecule has 0 aliphatic carbocycles. The summed E-state index contributed by atoms with van der Waals surface area (Å²) in [5.74, 6) is 1.19. The highest BCUT2D eigenvalue weighted by atomic mass is 16.2. The van der Waals surface area contributed by atoms with Crippen molar-refractivity contribution in [2.45, 2.75) is 40.2 Å². The van der Waals surface area contributed by atoms with Gasteiger partial charge in [-0.3, -0.25) is 4.79 Å². The first kappa shape index (κ1) is 13.4. The number of hydrogen-bond acceptors (Lipinski definition) is 2. The van der Waals surface area contributed by atoms with Crippen LogP contribution in [0.15, 0.2) is 0 Å². The topological polar surface area (TPSA) is 46.3 Å². The maximum atomic E-state index is 11.7. The van der Waals surface area contributed by atoms with E-state index in [0.717, 1.165) is 0 Å². The van der Waals surface area contributed by atoms with Crippen molar-refractivity contribution < 1.29 is 4.79 Å². The molecule has 1 amide bonds. The lowest BCUT2D eigenvalue weighted by Gasteiger charge is -2.26. The summed E-state index contributed by atoms with van der Waals surface area (Å²) in [4.78, 5) is 13.5. The minimum atomic E-state index is 0.141. The van der Waals surface area contributed by atoms with Gasteiger partial charge < -0.3 is 10.6 Å². The Hall–Kier alpha value is -0.570. The summed E-state index contributed by atoms with van der Waals surface area (Å²) in [7, 11) is 1.83. The predicted octanol–water partition coefficient (Wildman–Crippen LogP) is 1.47. The Kier molecular flexibility index (Phi) is 5.77. The van der Waals surface area contributed by atoms with Crippen molar-refractivity contribution >= 4 is 5.91 Å². The molecule has 0 spiro atoms. The first-order valence-corrected chi connectivity index (χ1v) is 5.35. The predicted molar refractivity (Wildman–Crippen MR) is 59.9 cm³/mol. The summed E-state index contributed by atoms with van der Waals surface area (Å²) < 4.78 is 0. The summed E-state index contributed by atoms with van der Waals surface area (Å²) in [6, 6.07) is 0.141. The van der Waals surface area contributed by atoms with Crippen LogP contribution in [-0.4, -0.2) is 30.4 Å². The zero-order valence-corrected chi connectivity index (χ0v) is 10.1. The fraction of sp³-hybridized carbons (Fsp3) is 0.909. The molecule has 0 aromatic rings. The Bertz CT molecular complexity index is 180. The summed E-state index contributed by atoms with van der Waals surface area (Å²) in [6.45, 7) is 8.90. The van der Waals surface area contributed by atoms with Gasteiger partial charge in [-0.05, 0) is 18.8 Å². The largest absolute Gasteiger partial charge is 0.342 e. The fourth-order valence-corrected chi connectivity index (χ4v) is 1.06. The fourth-order valence-electron chi connectivity index (χ4n) is 1.06. The van der Waals surface area contributed by atoms with Crippen molar-refractivity contribution in [1.82, 2.24) is 4.90 Å². The van der Waals surface area contributed by atoms with Gasteiger partial charge >= 0.3 is 0 Å². The van der Waals surface area contributed by atoms with Crippen molar-refractivity contribution in [3.05, 3.63) is 0 Å². The standard InChI is InChI=1S/C11H24N2O/c1-8(2)9(3)6-11(14)13(5)10(4)7-12/h8-10H,6-7,12H2,1-5H3. The van der Waals surface area contributed by atoms with Crippen LogP contribution in [0.5, 0.6) is 0 Å². The average Bonchev–Trinajstić information content (AvgIpc) is 2.14. The third-order valence-electron chi connectivity index (χ3n) is 3.03. The second kappa shape index (κ2) is 6.02. The van der Waals surface area contributed by atoms with Crippen LogP contribution >= 0.6 is 0 Å². The SMILES string of the molecule is CC(C)C(C)CC(=O)N(C)C(C)CN. The van der Waals surface area contributed by atoms with Gasteiger partial charge in [0.2, 0.25) is 5.91 Å². The minimum absolute atomic E-state index is 0.141. The van der Waals surface area contributed by atoms with Crippen molar-refractivity contribution in [3.8, 4) is 0 Å². The zero-order chi connectivity index (χ0) is 11.3. The molecule has 0 saturated heterocycles. The number of likely N-dealkylation sites (N-methyl/N-ethyl adjacent to an activating group) is 1. The van der Waals surface area contributed by atoms with Crippen LogP contribution in [0, 0.1) is 11.8 Å². The molecule has 14 heavy (non-hydrogen) atoms. The first-order chi connectivity index (χ1) is 6.40. The summed E-state index contributed by atoms with van der Waals surface area (Å²) >= 11 is 0. The van der Waals surface area contributed by atoms with E-state index < -0.39 is 0 Å². The highest BCUT2D eigenvalue weighted by Crippen LogP contribution is 2.15. The molecule has 0 aromatic heterocycles. The monoisotopic (exact) mass is 200 g/mol. The molecule has 0 rings (SSSR count). The molecule has 0 heterocycles. The molecule has 0 fully saturated rings. The van der Waals surface area contributed by atoms with E-state index in [2.05, 4.69) is 20.8 Å². The normalized spacial score (nSPS) is 15.4. The van der Waals surface area contributed by atoms with E-state index in [0.29, 0.717) is 24.8 Å². The van der Waals surface area contributed by atoms with Gasteiger partial charge in [0.05, 0.1) is 0 Å². The highest BCUT2D eigenvalue weighted by Gasteiger charge is 2.18. The molecule has 0 radical (unpaired) electrons. The first-order valence-electron chi connectivity index (χ1n) is 5.35. The van der Waals surface area contributed by atoms with E-state index in [4.69, 9.17) is 5.73 Å². The number of amides is 1. The molecule has 84 valence electrons. The Morgan fingerprint density at radius 3 is 2.14 bits per heavy atom. The van der Waals surface area contributed by atoms with Crippen molar-refractivity contribution in [1.29, 1.82) is 0 Å². The number of nitrogens with zero attached hydrogens (tertiary/aromatic N) is 1. The smallest absolute Gasteiger partial charge is 0.222 e. The van der Waals surface area contributed by atoms with Gasteiger partial charge in [-0.2, -0.15) is 0 Å². The van der Waals surface area contributed by atoms with E-state index in [1.54, 1.807) is 4.90 Å². The molecule has 3 heteroatoms. The Balaban J connectivity index is 4.07. The number of nitrogens with two attached hydrogens (primary N) is 1. The average molecular weight is 200 g/mol. The second-order valence-electron chi connectivity index (χ2n) is 4.51. The van der Waals surface area contributed by atoms with Crippen LogP contribution in [0.4, 0.5) is 0 Å². The van der Waals surface area contributed by atoms with Gasteiger partial charge in [0.25, 0.3) is 0 Å². The third kappa shape index (κ3) is 4.09. The van der Waals surface area contributed by atoms with Gasteiger partial charge in [-0.15, -0.1) is 0 Å². The lowest BCUT2D eigenvalue weighted by molar-refractivity contribution is -0.132. The molecule has 0 aliphatic heterocycles. The maximum absolute atomic E-state index is 11.7. The zero-order valence-electron chi connectivity index (χ0n) is 10.1. The van der Waals surface area contributed by atoms with Gasteiger partial charge in [-0.25, -0.2) is 0 Å². The molecule has 0 aromatic carbocycles. The third-order valence-corrected chi connectivity index (χ3v) is 3.03. The van der Waals surface area contributed by atoms with Crippen LogP contribution in [0.2, 0.25) is 0 Å². The highest BCUT2D eigenvalue weighted by molar-refractivity contribution is 5.76. The van der Waals surface area contributed by atoms with E-state index in [1.807, 2.05) is 14.0 Å². The molecular weight excluding hydrogens is 176 g/mol. The molecule has 0 bridgehead atoms. The van der Waals surface area contributed by atoms with Gasteiger partial charge in [0.15, 0.2) is 0 Å². The molecule has 2 N–H and O–H groups in total. The van der Waals surface area contributed by atoms with Gasteiger partial charge in [-0.1, -0.05) is 20.8 Å². The van der Waals surface area contributed by atoms with E-state index in [1.165, 1.54) is 0 Å². The van der Waals surface area contributed by atoms with Crippen LogP contribution in [-0.2, 0) is 4.79 Å². The van der Waals surface area contributed by atoms with E-state index >= 15 is 0 Å². The number of carbonyl (C=O) groups is 1. The molecule has 0 aliphatic rings. The summed E-state index contributed by atoms with van der Waals surface area (Å²) in [6.07, 6.45) is 0.624. The van der Waals surface area contributed by atoms with Gasteiger partial charge in [0, 0.05) is 26.1 Å². The molecule has 3 nitrogen and oxygen atoms in total. The Morgan fingerprint density at radius 1 is 1.29 bits per heavy atom. The minimum Gasteiger partial charge on any atom is -0.342 e. The molecule has 2 atom stereocenters. The van der Waals surface area contributed by atoms with Crippen LogP contribution in [0.1, 0.15) is 34.1 Å². The Labute approximate surface area is 87.6 Å². The number of rotatable bonds is 5. The van der Waals surface area contributed by atoms with Crippen LogP contribution < -0.4 is 5.73 Å². The molecule has 0 saturated carbocycles. The summed E-state index contributed by atoms with van der Waals surface area (Å²) in [5, 5.41) is 0. The second-order valence-corrected chi connectivity index (χ2v) is 4.51. The lowest BCUT2D eigenvalue weighted by atomic mass is 9.94. The number of hydrogen-bond donors (Lipinski definition) is 1. The maximum Gasteiger partial charge on any atom is 0.222 e. The number of carbonyl (C=O) groups excluding carboxylic acids is 1. The molecule has 2 unspecified atom stereocenters.